The Hall–Kier alpha value is -2.25. The zero-order valence-electron chi connectivity index (χ0n) is 14.5. The molecule has 1 fully saturated rings. The van der Waals surface area contributed by atoms with E-state index in [-0.39, 0.29) is 30.0 Å². The maximum atomic E-state index is 12.7. The van der Waals surface area contributed by atoms with E-state index in [4.69, 9.17) is 9.47 Å². The lowest BCUT2D eigenvalue weighted by Crippen LogP contribution is -2.52. The van der Waals surface area contributed by atoms with Crippen LogP contribution in [0.3, 0.4) is 0 Å². The van der Waals surface area contributed by atoms with Crippen molar-refractivity contribution in [1.82, 2.24) is 14.9 Å². The predicted molar refractivity (Wildman–Crippen MR) is 94.0 cm³/mol. The lowest BCUT2D eigenvalue weighted by molar-refractivity contribution is -0.126. The molecule has 1 saturated heterocycles. The molecule has 134 valence electrons. The summed E-state index contributed by atoms with van der Waals surface area (Å²) in [6.07, 6.45) is 3.09. The van der Waals surface area contributed by atoms with Crippen molar-refractivity contribution in [3.05, 3.63) is 34.9 Å². The van der Waals surface area contributed by atoms with Gasteiger partial charge in [0, 0.05) is 6.61 Å². The molecule has 0 aliphatic carbocycles. The third kappa shape index (κ3) is 3.57. The topological polar surface area (TPSA) is 82.4 Å². The Morgan fingerprint density at radius 3 is 3.04 bits per heavy atom. The SMILES string of the molecule is CCO[C@H]1CCCN[C@@H]1C(=O)Cn1cnc2c(OC)cccc2c1=O. The maximum Gasteiger partial charge on any atom is 0.261 e. The number of benzene rings is 1. The van der Waals surface area contributed by atoms with Gasteiger partial charge in [-0.1, -0.05) is 6.07 Å². The van der Waals surface area contributed by atoms with Crippen molar-refractivity contribution in [1.29, 1.82) is 0 Å². The van der Waals surface area contributed by atoms with E-state index in [9.17, 15) is 9.59 Å². The highest BCUT2D eigenvalue weighted by Gasteiger charge is 2.31. The molecule has 7 nitrogen and oxygen atoms in total. The Balaban J connectivity index is 1.86. The number of nitrogens with zero attached hydrogens (tertiary/aromatic N) is 2. The highest BCUT2D eigenvalue weighted by Crippen LogP contribution is 2.20. The fourth-order valence-electron chi connectivity index (χ4n) is 3.28. The third-order valence-electron chi connectivity index (χ3n) is 4.49. The number of hydrogen-bond acceptors (Lipinski definition) is 6. The van der Waals surface area contributed by atoms with Crippen LogP contribution in [0.15, 0.2) is 29.3 Å². The first-order valence-corrected chi connectivity index (χ1v) is 8.55. The van der Waals surface area contributed by atoms with Gasteiger partial charge in [0.15, 0.2) is 5.78 Å². The number of para-hydroxylation sites is 1. The Kier molecular flexibility index (Phi) is 5.45. The lowest BCUT2D eigenvalue weighted by Gasteiger charge is -2.31. The molecule has 1 aliphatic rings. The molecule has 2 heterocycles. The van der Waals surface area contributed by atoms with Crippen LogP contribution in [-0.2, 0) is 16.1 Å². The van der Waals surface area contributed by atoms with Crippen LogP contribution in [0.2, 0.25) is 0 Å². The highest BCUT2D eigenvalue weighted by atomic mass is 16.5. The number of rotatable bonds is 6. The van der Waals surface area contributed by atoms with E-state index < -0.39 is 0 Å². The van der Waals surface area contributed by atoms with Crippen LogP contribution < -0.4 is 15.6 Å². The van der Waals surface area contributed by atoms with Gasteiger partial charge in [-0.15, -0.1) is 0 Å². The van der Waals surface area contributed by atoms with E-state index in [0.717, 1.165) is 19.4 Å². The number of methoxy groups -OCH3 is 1. The van der Waals surface area contributed by atoms with E-state index in [1.54, 1.807) is 18.2 Å². The van der Waals surface area contributed by atoms with Crippen LogP contribution in [0.1, 0.15) is 19.8 Å². The van der Waals surface area contributed by atoms with Crippen molar-refractivity contribution in [3.8, 4) is 5.75 Å². The van der Waals surface area contributed by atoms with Gasteiger partial charge in [-0.05, 0) is 38.4 Å². The number of Topliss-reactive ketones (excluding diaryl/α,β-unsaturated/α-hetero) is 1. The van der Waals surface area contributed by atoms with E-state index in [1.807, 2.05) is 6.92 Å². The maximum absolute atomic E-state index is 12.7. The average molecular weight is 345 g/mol. The average Bonchev–Trinajstić information content (AvgIpc) is 2.64. The summed E-state index contributed by atoms with van der Waals surface area (Å²) in [5, 5.41) is 3.66. The number of piperidine rings is 1. The molecule has 1 N–H and O–H groups in total. The minimum absolute atomic E-state index is 0.0276. The molecule has 25 heavy (non-hydrogen) atoms. The van der Waals surface area contributed by atoms with E-state index >= 15 is 0 Å². The minimum atomic E-state index is -0.387. The van der Waals surface area contributed by atoms with Crippen molar-refractivity contribution < 1.29 is 14.3 Å². The Bertz CT molecular complexity index is 816. The summed E-state index contributed by atoms with van der Waals surface area (Å²) in [6, 6.07) is 4.80. The standard InChI is InChI=1S/C18H23N3O4/c1-3-25-15-8-5-9-19-17(15)13(22)10-21-11-20-16-12(18(21)23)6-4-7-14(16)24-2/h4,6-7,11,15,17,19H,3,5,8-10H2,1-2H3/t15-,17+/m0/s1. The van der Waals surface area contributed by atoms with Crippen LogP contribution in [0, 0.1) is 0 Å². The number of aromatic nitrogens is 2. The van der Waals surface area contributed by atoms with Gasteiger partial charge in [0.25, 0.3) is 5.56 Å². The molecule has 0 amide bonds. The van der Waals surface area contributed by atoms with Gasteiger partial charge in [0.05, 0.1) is 37.5 Å². The van der Waals surface area contributed by atoms with Crippen LogP contribution in [0.4, 0.5) is 0 Å². The summed E-state index contributed by atoms with van der Waals surface area (Å²) >= 11 is 0. The molecule has 1 aromatic carbocycles. The minimum Gasteiger partial charge on any atom is -0.494 e. The van der Waals surface area contributed by atoms with Crippen molar-refractivity contribution in [2.24, 2.45) is 0 Å². The molecule has 0 unspecified atom stereocenters. The first-order chi connectivity index (χ1) is 12.2. The Labute approximate surface area is 146 Å². The monoisotopic (exact) mass is 345 g/mol. The third-order valence-corrected chi connectivity index (χ3v) is 4.49. The largest absolute Gasteiger partial charge is 0.494 e. The summed E-state index contributed by atoms with van der Waals surface area (Å²) in [5.41, 5.74) is 0.253. The smallest absolute Gasteiger partial charge is 0.261 e. The highest BCUT2D eigenvalue weighted by molar-refractivity contribution is 5.86. The fourth-order valence-corrected chi connectivity index (χ4v) is 3.28. The zero-order chi connectivity index (χ0) is 17.8. The number of hydrogen-bond donors (Lipinski definition) is 1. The molecule has 1 aliphatic heterocycles. The van der Waals surface area contributed by atoms with Gasteiger partial charge < -0.3 is 14.8 Å². The number of ether oxygens (including phenoxy) is 2. The molecule has 3 rings (SSSR count). The lowest BCUT2D eigenvalue weighted by atomic mass is 9.97. The number of nitrogens with one attached hydrogen (secondary N) is 1. The molecular formula is C18H23N3O4. The van der Waals surface area contributed by atoms with Crippen LogP contribution in [-0.4, -0.2) is 47.7 Å². The van der Waals surface area contributed by atoms with E-state index in [1.165, 1.54) is 18.0 Å². The normalized spacial score (nSPS) is 20.6. The summed E-state index contributed by atoms with van der Waals surface area (Å²) in [4.78, 5) is 29.7. The summed E-state index contributed by atoms with van der Waals surface area (Å²) in [5.74, 6) is 0.475. The van der Waals surface area contributed by atoms with Gasteiger partial charge in [-0.25, -0.2) is 4.98 Å². The van der Waals surface area contributed by atoms with Crippen molar-refractivity contribution >= 4 is 16.7 Å². The number of ketones is 1. The van der Waals surface area contributed by atoms with Crippen molar-refractivity contribution in [2.45, 2.75) is 38.5 Å². The van der Waals surface area contributed by atoms with Crippen LogP contribution >= 0.6 is 0 Å². The number of fused-ring (bicyclic) bond motifs is 1. The summed E-state index contributed by atoms with van der Waals surface area (Å²) in [7, 11) is 1.54. The van der Waals surface area contributed by atoms with Crippen molar-refractivity contribution in [3.63, 3.8) is 0 Å². The van der Waals surface area contributed by atoms with Gasteiger partial charge in [0.2, 0.25) is 0 Å². The van der Waals surface area contributed by atoms with Gasteiger partial charge in [-0.2, -0.15) is 0 Å². The predicted octanol–water partition coefficient (Wildman–Crippen LogP) is 1.13. The molecule has 0 saturated carbocycles. The molecule has 0 radical (unpaired) electrons. The first-order valence-electron chi connectivity index (χ1n) is 8.55. The van der Waals surface area contributed by atoms with Gasteiger partial charge in [-0.3, -0.25) is 14.2 Å². The number of carbonyl (C=O) groups excluding carboxylic acids is 1. The van der Waals surface area contributed by atoms with Crippen LogP contribution in [0.25, 0.3) is 10.9 Å². The van der Waals surface area contributed by atoms with Crippen LogP contribution in [0.5, 0.6) is 5.75 Å². The molecule has 0 spiro atoms. The molecule has 2 aromatic rings. The molecule has 7 heteroatoms. The fraction of sp³-hybridized carbons (Fsp3) is 0.500. The molecular weight excluding hydrogens is 322 g/mol. The van der Waals surface area contributed by atoms with E-state index in [0.29, 0.717) is 23.3 Å². The van der Waals surface area contributed by atoms with Crippen molar-refractivity contribution in [2.75, 3.05) is 20.3 Å². The summed E-state index contributed by atoms with van der Waals surface area (Å²) < 4.78 is 12.3. The van der Waals surface area contributed by atoms with E-state index in [2.05, 4.69) is 10.3 Å². The zero-order valence-corrected chi connectivity index (χ0v) is 14.5. The quantitative estimate of drug-likeness (QED) is 0.845. The molecule has 0 bridgehead atoms. The number of carbonyl (C=O) groups is 1. The molecule has 2 atom stereocenters. The molecule has 1 aromatic heterocycles. The van der Waals surface area contributed by atoms with Gasteiger partial charge in [0.1, 0.15) is 11.3 Å². The second kappa shape index (κ2) is 7.76. The Morgan fingerprint density at radius 1 is 1.44 bits per heavy atom. The first kappa shape index (κ1) is 17.6. The Morgan fingerprint density at radius 2 is 2.28 bits per heavy atom. The summed E-state index contributed by atoms with van der Waals surface area (Å²) in [6.45, 7) is 3.23. The van der Waals surface area contributed by atoms with Gasteiger partial charge >= 0.3 is 0 Å². The second-order valence-corrected chi connectivity index (χ2v) is 6.07. The second-order valence-electron chi connectivity index (χ2n) is 6.07.